The quantitative estimate of drug-likeness (QED) is 0.870. The van der Waals surface area contributed by atoms with Crippen LogP contribution < -0.4 is 10.2 Å². The lowest BCUT2D eigenvalue weighted by Gasteiger charge is -2.21. The average molecular weight is 349 g/mol. The molecule has 2 amide bonds. The predicted octanol–water partition coefficient (Wildman–Crippen LogP) is 4.23. The average Bonchev–Trinajstić information content (AvgIpc) is 3.31. The molecule has 5 nitrogen and oxygen atoms in total. The summed E-state index contributed by atoms with van der Waals surface area (Å²) in [6.45, 7) is 5.44. The second-order valence-electron chi connectivity index (χ2n) is 7.97. The smallest absolute Gasteiger partial charge is 0.412 e. The number of nitrogens with zero attached hydrogens (tertiary/aromatic N) is 1. The monoisotopic (exact) mass is 348 g/mol. The first kappa shape index (κ1) is 15.8. The number of hydrogen-bond acceptors (Lipinski definition) is 3. The fourth-order valence-corrected chi connectivity index (χ4v) is 3.75. The normalized spacial score (nSPS) is 21.0. The fourth-order valence-electron chi connectivity index (χ4n) is 3.44. The van der Waals surface area contributed by atoms with E-state index in [1.54, 1.807) is 6.07 Å². The van der Waals surface area contributed by atoms with Gasteiger partial charge in [0, 0.05) is 11.7 Å². The van der Waals surface area contributed by atoms with Gasteiger partial charge < -0.3 is 9.64 Å². The number of carbonyl (C=O) groups excluding carboxylic acids is 2. The highest BCUT2D eigenvalue weighted by Gasteiger charge is 2.61. The molecule has 24 heavy (non-hydrogen) atoms. The van der Waals surface area contributed by atoms with Crippen molar-refractivity contribution in [3.8, 4) is 0 Å². The van der Waals surface area contributed by atoms with E-state index in [0.717, 1.165) is 36.9 Å². The van der Waals surface area contributed by atoms with Gasteiger partial charge >= 0.3 is 6.09 Å². The third kappa shape index (κ3) is 2.46. The number of amides is 2. The summed E-state index contributed by atoms with van der Waals surface area (Å²) in [5.74, 6) is 0.177. The second-order valence-corrected chi connectivity index (χ2v) is 8.38. The molecule has 3 aliphatic rings. The number of hydrogen-bond donors (Lipinski definition) is 1. The number of benzene rings is 1. The van der Waals surface area contributed by atoms with Crippen LogP contribution in [0, 0.1) is 0 Å². The van der Waals surface area contributed by atoms with Gasteiger partial charge in [-0.15, -0.1) is 0 Å². The highest BCUT2D eigenvalue weighted by molar-refractivity contribution is 6.35. The summed E-state index contributed by atoms with van der Waals surface area (Å²) in [4.78, 5) is 26.8. The number of rotatable bonds is 2. The first-order chi connectivity index (χ1) is 11.2. The fraction of sp³-hybridized carbons (Fsp3) is 0.556. The SMILES string of the molecule is CC(C)(C)OC(=O)Nc1cc(Cl)c2c(c1)C1(CC1)C(=O)N2C1CC1. The topological polar surface area (TPSA) is 58.6 Å². The maximum absolute atomic E-state index is 12.9. The lowest BCUT2D eigenvalue weighted by Crippen LogP contribution is -2.33. The summed E-state index contributed by atoms with van der Waals surface area (Å²) < 4.78 is 5.29. The summed E-state index contributed by atoms with van der Waals surface area (Å²) in [6, 6.07) is 3.88. The molecule has 1 heterocycles. The van der Waals surface area contributed by atoms with Crippen LogP contribution in [0.5, 0.6) is 0 Å². The van der Waals surface area contributed by atoms with Crippen molar-refractivity contribution in [3.63, 3.8) is 0 Å². The van der Waals surface area contributed by atoms with Crippen LogP contribution in [0.25, 0.3) is 0 Å². The van der Waals surface area contributed by atoms with Gasteiger partial charge in [0.05, 0.1) is 16.1 Å². The molecule has 1 aromatic rings. The molecule has 1 spiro atoms. The van der Waals surface area contributed by atoms with Gasteiger partial charge in [-0.05, 0) is 64.2 Å². The molecule has 2 fully saturated rings. The first-order valence-corrected chi connectivity index (χ1v) is 8.77. The number of anilines is 2. The minimum Gasteiger partial charge on any atom is -0.444 e. The zero-order chi connectivity index (χ0) is 17.3. The molecule has 6 heteroatoms. The van der Waals surface area contributed by atoms with Crippen LogP contribution >= 0.6 is 11.6 Å². The predicted molar refractivity (Wildman–Crippen MR) is 92.7 cm³/mol. The Labute approximate surface area is 146 Å². The number of halogens is 1. The Morgan fingerprint density at radius 3 is 2.54 bits per heavy atom. The van der Waals surface area contributed by atoms with E-state index in [4.69, 9.17) is 16.3 Å². The van der Waals surface area contributed by atoms with E-state index in [1.807, 2.05) is 31.7 Å². The van der Waals surface area contributed by atoms with E-state index in [0.29, 0.717) is 16.8 Å². The largest absolute Gasteiger partial charge is 0.444 e. The Morgan fingerprint density at radius 2 is 2.00 bits per heavy atom. The van der Waals surface area contributed by atoms with Crippen LogP contribution in [0.1, 0.15) is 52.0 Å². The number of fused-ring (bicyclic) bond motifs is 2. The summed E-state index contributed by atoms with van der Waals surface area (Å²) >= 11 is 6.49. The minimum absolute atomic E-state index is 0.177. The summed E-state index contributed by atoms with van der Waals surface area (Å²) in [5, 5.41) is 3.25. The number of carbonyl (C=O) groups is 2. The molecule has 0 aromatic heterocycles. The van der Waals surface area contributed by atoms with Gasteiger partial charge in [-0.25, -0.2) is 4.79 Å². The van der Waals surface area contributed by atoms with Crippen LogP contribution in [0.2, 0.25) is 5.02 Å². The molecule has 0 radical (unpaired) electrons. The molecule has 1 aromatic carbocycles. The molecule has 0 atom stereocenters. The minimum atomic E-state index is -0.568. The van der Waals surface area contributed by atoms with Crippen molar-refractivity contribution >= 4 is 35.0 Å². The lowest BCUT2D eigenvalue weighted by molar-refractivity contribution is -0.120. The van der Waals surface area contributed by atoms with Crippen LogP contribution in [-0.2, 0) is 14.9 Å². The van der Waals surface area contributed by atoms with Crippen molar-refractivity contribution in [3.05, 3.63) is 22.7 Å². The highest BCUT2D eigenvalue weighted by Crippen LogP contribution is 2.61. The molecule has 0 saturated heterocycles. The number of nitrogens with one attached hydrogen (secondary N) is 1. The Kier molecular flexibility index (Phi) is 3.21. The molecule has 2 aliphatic carbocycles. The molecule has 1 aliphatic heterocycles. The van der Waals surface area contributed by atoms with Crippen LogP contribution in [-0.4, -0.2) is 23.6 Å². The van der Waals surface area contributed by atoms with Crippen molar-refractivity contribution in [1.29, 1.82) is 0 Å². The van der Waals surface area contributed by atoms with Gasteiger partial charge in [0.25, 0.3) is 0 Å². The molecule has 0 unspecified atom stereocenters. The van der Waals surface area contributed by atoms with E-state index in [9.17, 15) is 9.59 Å². The van der Waals surface area contributed by atoms with E-state index in [2.05, 4.69) is 5.32 Å². The molecular weight excluding hydrogens is 328 g/mol. The van der Waals surface area contributed by atoms with Gasteiger partial charge in [0.1, 0.15) is 5.60 Å². The van der Waals surface area contributed by atoms with Crippen LogP contribution in [0.3, 0.4) is 0 Å². The highest BCUT2D eigenvalue weighted by atomic mass is 35.5. The molecule has 2 saturated carbocycles. The standard InChI is InChI=1S/C18H21ClN2O3/c1-17(2,3)24-16(23)20-10-8-12-14(13(19)9-10)21(11-4-5-11)15(22)18(12)6-7-18/h8-9,11H,4-7H2,1-3H3,(H,20,23). The van der Waals surface area contributed by atoms with Crippen molar-refractivity contribution in [2.75, 3.05) is 10.2 Å². The van der Waals surface area contributed by atoms with Crippen molar-refractivity contribution in [2.45, 2.75) is 63.5 Å². The Hall–Kier alpha value is -1.75. The Balaban J connectivity index is 1.67. The van der Waals surface area contributed by atoms with E-state index in [-0.39, 0.29) is 5.91 Å². The molecule has 0 bridgehead atoms. The zero-order valence-corrected chi connectivity index (χ0v) is 14.9. The number of ether oxygens (including phenoxy) is 1. The van der Waals surface area contributed by atoms with Crippen LogP contribution in [0.15, 0.2) is 12.1 Å². The van der Waals surface area contributed by atoms with Crippen molar-refractivity contribution in [1.82, 2.24) is 0 Å². The molecular formula is C18H21ClN2O3. The van der Waals surface area contributed by atoms with Gasteiger partial charge in [0.2, 0.25) is 5.91 Å². The second kappa shape index (κ2) is 4.88. The van der Waals surface area contributed by atoms with Gasteiger partial charge in [0.15, 0.2) is 0 Å². The van der Waals surface area contributed by atoms with Crippen LogP contribution in [0.4, 0.5) is 16.2 Å². The summed E-state index contributed by atoms with van der Waals surface area (Å²) in [5.41, 5.74) is 1.40. The Morgan fingerprint density at radius 1 is 1.33 bits per heavy atom. The van der Waals surface area contributed by atoms with E-state index >= 15 is 0 Å². The van der Waals surface area contributed by atoms with Crippen molar-refractivity contribution in [2.24, 2.45) is 0 Å². The maximum Gasteiger partial charge on any atom is 0.412 e. The third-order valence-electron chi connectivity index (χ3n) is 4.76. The molecule has 128 valence electrons. The zero-order valence-electron chi connectivity index (χ0n) is 14.1. The van der Waals surface area contributed by atoms with E-state index < -0.39 is 17.1 Å². The first-order valence-electron chi connectivity index (χ1n) is 8.39. The summed E-state index contributed by atoms with van der Waals surface area (Å²) in [6.07, 6.45) is 3.26. The van der Waals surface area contributed by atoms with Crippen molar-refractivity contribution < 1.29 is 14.3 Å². The van der Waals surface area contributed by atoms with Gasteiger partial charge in [-0.3, -0.25) is 10.1 Å². The van der Waals surface area contributed by atoms with Gasteiger partial charge in [-0.2, -0.15) is 0 Å². The summed E-state index contributed by atoms with van der Waals surface area (Å²) in [7, 11) is 0. The van der Waals surface area contributed by atoms with E-state index in [1.165, 1.54) is 0 Å². The Bertz CT molecular complexity index is 745. The molecule has 4 rings (SSSR count). The van der Waals surface area contributed by atoms with Gasteiger partial charge in [-0.1, -0.05) is 11.6 Å². The third-order valence-corrected chi connectivity index (χ3v) is 5.04. The molecule has 1 N–H and O–H groups in total. The lowest BCUT2D eigenvalue weighted by atomic mass is 9.97. The maximum atomic E-state index is 12.9.